The molecule has 0 bridgehead atoms. The number of aryl methyl sites for hydroxylation is 1. The van der Waals surface area contributed by atoms with Crippen LogP contribution in [0.3, 0.4) is 0 Å². The Morgan fingerprint density at radius 3 is 2.19 bits per heavy atom. The van der Waals surface area contributed by atoms with Gasteiger partial charge in [-0.2, -0.15) is 0 Å². The van der Waals surface area contributed by atoms with Crippen molar-refractivity contribution in [1.29, 1.82) is 0 Å². The highest BCUT2D eigenvalue weighted by Crippen LogP contribution is 2.20. The lowest BCUT2D eigenvalue weighted by Crippen LogP contribution is -2.53. The molecule has 3 rings (SSSR count). The first kappa shape index (κ1) is 26.8. The number of ether oxygens (including phenoxy) is 2. The normalized spacial score (nSPS) is 12.3. The zero-order valence-electron chi connectivity index (χ0n) is 21.6. The van der Waals surface area contributed by atoms with Gasteiger partial charge in [0.1, 0.15) is 17.5 Å². The van der Waals surface area contributed by atoms with Crippen LogP contribution in [0.2, 0.25) is 0 Å². The Morgan fingerprint density at radius 1 is 0.917 bits per heavy atom. The molecule has 0 unspecified atom stereocenters. The molecule has 3 aromatic rings. The highest BCUT2D eigenvalue weighted by atomic mass is 16.5. The Bertz CT molecular complexity index is 1120. The Hall–Kier alpha value is -3.80. The first-order valence-electron chi connectivity index (χ1n) is 12.4. The molecule has 0 radical (unpaired) electrons. The molecule has 1 N–H and O–H groups in total. The fraction of sp³-hybridized carbons (Fsp3) is 0.333. The van der Waals surface area contributed by atoms with Crippen molar-refractivity contribution in [3.8, 4) is 11.5 Å². The summed E-state index contributed by atoms with van der Waals surface area (Å²) in [7, 11) is 1.60. The van der Waals surface area contributed by atoms with Crippen molar-refractivity contribution in [2.45, 2.75) is 52.2 Å². The summed E-state index contributed by atoms with van der Waals surface area (Å²) >= 11 is 0. The molecule has 6 heteroatoms. The Morgan fingerprint density at radius 2 is 1.56 bits per heavy atom. The monoisotopic (exact) mass is 488 g/mol. The van der Waals surface area contributed by atoms with Crippen LogP contribution in [0.5, 0.6) is 11.5 Å². The van der Waals surface area contributed by atoms with Crippen molar-refractivity contribution >= 4 is 11.8 Å². The Kier molecular flexibility index (Phi) is 9.92. The summed E-state index contributed by atoms with van der Waals surface area (Å²) in [6, 6.07) is 24.1. The van der Waals surface area contributed by atoms with Crippen LogP contribution in [0.15, 0.2) is 78.9 Å². The number of methoxy groups -OCH3 is 1. The van der Waals surface area contributed by atoms with Gasteiger partial charge in [0, 0.05) is 19.0 Å². The molecule has 6 nitrogen and oxygen atoms in total. The summed E-state index contributed by atoms with van der Waals surface area (Å²) in [5.41, 5.74) is 3.04. The number of benzene rings is 3. The van der Waals surface area contributed by atoms with Crippen LogP contribution < -0.4 is 14.8 Å². The van der Waals surface area contributed by atoms with E-state index >= 15 is 0 Å². The maximum Gasteiger partial charge on any atom is 0.261 e. The summed E-state index contributed by atoms with van der Waals surface area (Å²) in [5.74, 6) is 0.844. The minimum atomic E-state index is -0.687. The van der Waals surface area contributed by atoms with Gasteiger partial charge in [-0.15, -0.1) is 0 Å². The smallest absolute Gasteiger partial charge is 0.261 e. The van der Waals surface area contributed by atoms with Gasteiger partial charge in [0.15, 0.2) is 6.61 Å². The fourth-order valence-electron chi connectivity index (χ4n) is 3.87. The SMILES string of the molecule is CC[C@@H](C)NC(=O)[C@H](Cc1ccccc1)N(Cc1ccccc1C)C(=O)COc1ccc(OC)cc1. The molecule has 0 aliphatic rings. The van der Waals surface area contributed by atoms with Crippen LogP contribution in [0.1, 0.15) is 37.0 Å². The van der Waals surface area contributed by atoms with E-state index in [0.29, 0.717) is 24.5 Å². The van der Waals surface area contributed by atoms with Gasteiger partial charge in [0.2, 0.25) is 5.91 Å². The zero-order valence-corrected chi connectivity index (χ0v) is 21.6. The number of hydrogen-bond acceptors (Lipinski definition) is 4. The van der Waals surface area contributed by atoms with E-state index in [2.05, 4.69) is 5.32 Å². The van der Waals surface area contributed by atoms with Crippen LogP contribution in [0, 0.1) is 6.92 Å². The summed E-state index contributed by atoms with van der Waals surface area (Å²) in [6.45, 7) is 6.13. The summed E-state index contributed by atoms with van der Waals surface area (Å²) in [6.07, 6.45) is 1.21. The molecular formula is C30H36N2O4. The van der Waals surface area contributed by atoms with E-state index in [0.717, 1.165) is 23.1 Å². The Balaban J connectivity index is 1.90. The lowest BCUT2D eigenvalue weighted by atomic mass is 10.0. The van der Waals surface area contributed by atoms with Crippen LogP contribution >= 0.6 is 0 Å². The average Bonchev–Trinajstić information content (AvgIpc) is 2.91. The molecule has 0 heterocycles. The van der Waals surface area contributed by atoms with Crippen LogP contribution in [0.25, 0.3) is 0 Å². The molecule has 0 saturated heterocycles. The van der Waals surface area contributed by atoms with E-state index in [9.17, 15) is 9.59 Å². The molecule has 0 saturated carbocycles. The number of amides is 2. The summed E-state index contributed by atoms with van der Waals surface area (Å²) < 4.78 is 11.0. The molecule has 0 aliphatic heterocycles. The molecule has 2 amide bonds. The predicted octanol–water partition coefficient (Wildman–Crippen LogP) is 4.94. The third-order valence-electron chi connectivity index (χ3n) is 6.30. The quantitative estimate of drug-likeness (QED) is 0.392. The van der Waals surface area contributed by atoms with Crippen molar-refractivity contribution in [2.75, 3.05) is 13.7 Å². The zero-order chi connectivity index (χ0) is 25.9. The van der Waals surface area contributed by atoms with E-state index in [4.69, 9.17) is 9.47 Å². The minimum Gasteiger partial charge on any atom is -0.497 e. The number of rotatable bonds is 12. The van der Waals surface area contributed by atoms with Crippen molar-refractivity contribution < 1.29 is 19.1 Å². The lowest BCUT2D eigenvalue weighted by Gasteiger charge is -2.32. The molecule has 0 spiro atoms. The second kappa shape index (κ2) is 13.3. The molecule has 36 heavy (non-hydrogen) atoms. The van der Waals surface area contributed by atoms with Crippen molar-refractivity contribution in [2.24, 2.45) is 0 Å². The topological polar surface area (TPSA) is 67.9 Å². The molecule has 190 valence electrons. The minimum absolute atomic E-state index is 0.00161. The van der Waals surface area contributed by atoms with Crippen LogP contribution in [-0.2, 0) is 22.6 Å². The predicted molar refractivity (Wildman–Crippen MR) is 142 cm³/mol. The fourth-order valence-corrected chi connectivity index (χ4v) is 3.87. The van der Waals surface area contributed by atoms with Crippen molar-refractivity contribution in [3.63, 3.8) is 0 Å². The largest absolute Gasteiger partial charge is 0.497 e. The third kappa shape index (κ3) is 7.60. The van der Waals surface area contributed by atoms with Gasteiger partial charge in [0.25, 0.3) is 5.91 Å². The van der Waals surface area contributed by atoms with Gasteiger partial charge >= 0.3 is 0 Å². The molecule has 3 aromatic carbocycles. The molecule has 2 atom stereocenters. The van der Waals surface area contributed by atoms with Gasteiger partial charge in [-0.25, -0.2) is 0 Å². The average molecular weight is 489 g/mol. The third-order valence-corrected chi connectivity index (χ3v) is 6.30. The maximum absolute atomic E-state index is 13.6. The highest BCUT2D eigenvalue weighted by Gasteiger charge is 2.31. The maximum atomic E-state index is 13.6. The van der Waals surface area contributed by atoms with E-state index < -0.39 is 6.04 Å². The lowest BCUT2D eigenvalue weighted by molar-refractivity contribution is -0.143. The van der Waals surface area contributed by atoms with Crippen molar-refractivity contribution in [1.82, 2.24) is 10.2 Å². The van der Waals surface area contributed by atoms with E-state index in [-0.39, 0.29) is 24.5 Å². The number of nitrogens with zero attached hydrogens (tertiary/aromatic N) is 1. The number of carbonyl (C=O) groups excluding carboxylic acids is 2. The number of carbonyl (C=O) groups is 2. The van der Waals surface area contributed by atoms with Crippen molar-refractivity contribution in [3.05, 3.63) is 95.6 Å². The second-order valence-corrected chi connectivity index (χ2v) is 8.94. The van der Waals surface area contributed by atoms with Crippen LogP contribution in [-0.4, -0.2) is 42.5 Å². The molecule has 0 fully saturated rings. The first-order valence-corrected chi connectivity index (χ1v) is 12.4. The van der Waals surface area contributed by atoms with Gasteiger partial charge in [-0.05, 0) is 61.2 Å². The highest BCUT2D eigenvalue weighted by molar-refractivity contribution is 5.88. The first-order chi connectivity index (χ1) is 17.4. The second-order valence-electron chi connectivity index (χ2n) is 8.94. The molecule has 0 aliphatic carbocycles. The van der Waals surface area contributed by atoms with Gasteiger partial charge < -0.3 is 19.7 Å². The number of hydrogen-bond donors (Lipinski definition) is 1. The summed E-state index contributed by atoms with van der Waals surface area (Å²) in [4.78, 5) is 28.8. The van der Waals surface area contributed by atoms with E-state index in [1.54, 1.807) is 36.3 Å². The summed E-state index contributed by atoms with van der Waals surface area (Å²) in [5, 5.41) is 3.08. The van der Waals surface area contributed by atoms with E-state index in [1.807, 2.05) is 75.4 Å². The van der Waals surface area contributed by atoms with Gasteiger partial charge in [-0.1, -0.05) is 61.5 Å². The Labute approximate surface area is 214 Å². The number of nitrogens with one attached hydrogen (secondary N) is 1. The van der Waals surface area contributed by atoms with E-state index in [1.165, 1.54) is 0 Å². The van der Waals surface area contributed by atoms with Gasteiger partial charge in [-0.3, -0.25) is 9.59 Å². The molecular weight excluding hydrogens is 452 g/mol. The molecule has 0 aromatic heterocycles. The van der Waals surface area contributed by atoms with Gasteiger partial charge in [0.05, 0.1) is 7.11 Å². The van der Waals surface area contributed by atoms with Crippen LogP contribution in [0.4, 0.5) is 0 Å². The standard InChI is InChI=1S/C30H36N2O4/c1-5-23(3)31-30(34)28(19-24-12-7-6-8-13-24)32(20-25-14-10-9-11-22(25)2)29(33)21-36-27-17-15-26(35-4)16-18-27/h6-18,23,28H,5,19-21H2,1-4H3,(H,31,34)/t23-,28+/m1/s1.